The van der Waals surface area contributed by atoms with Crippen LogP contribution in [-0.4, -0.2) is 24.5 Å². The standard InChI is InChI=1S/C16H17N3O2S/c1-11-5-3-7-13-15(11)18-16(22-13)19(2)10-14(20)17-9-12-6-4-8-21-12/h3-8H,9-10H2,1-2H3,(H,17,20). The Labute approximate surface area is 132 Å². The number of thiazole rings is 1. The minimum atomic E-state index is -0.0603. The van der Waals surface area contributed by atoms with Crippen molar-refractivity contribution < 1.29 is 9.21 Å². The zero-order valence-corrected chi connectivity index (χ0v) is 13.3. The maximum Gasteiger partial charge on any atom is 0.239 e. The van der Waals surface area contributed by atoms with Crippen molar-refractivity contribution in [1.29, 1.82) is 0 Å². The topological polar surface area (TPSA) is 58.4 Å². The first-order valence-corrected chi connectivity index (χ1v) is 7.81. The number of anilines is 1. The average molecular weight is 315 g/mol. The largest absolute Gasteiger partial charge is 0.467 e. The van der Waals surface area contributed by atoms with Gasteiger partial charge in [-0.15, -0.1) is 0 Å². The van der Waals surface area contributed by atoms with Crippen molar-refractivity contribution >= 4 is 32.6 Å². The van der Waals surface area contributed by atoms with E-state index in [-0.39, 0.29) is 12.5 Å². The maximum absolute atomic E-state index is 12.0. The molecule has 1 N–H and O–H groups in total. The summed E-state index contributed by atoms with van der Waals surface area (Å²) in [5.74, 6) is 0.682. The number of fused-ring (bicyclic) bond motifs is 1. The lowest BCUT2D eigenvalue weighted by Gasteiger charge is -2.14. The van der Waals surface area contributed by atoms with Crippen molar-refractivity contribution in [3.63, 3.8) is 0 Å². The van der Waals surface area contributed by atoms with Gasteiger partial charge in [0.25, 0.3) is 0 Å². The highest BCUT2D eigenvalue weighted by atomic mass is 32.1. The van der Waals surface area contributed by atoms with Crippen molar-refractivity contribution in [2.75, 3.05) is 18.5 Å². The number of amides is 1. The molecular weight excluding hydrogens is 298 g/mol. The summed E-state index contributed by atoms with van der Waals surface area (Å²) in [6.45, 7) is 2.71. The fraction of sp³-hybridized carbons (Fsp3) is 0.250. The Hall–Kier alpha value is -2.34. The first kappa shape index (κ1) is 14.6. The van der Waals surface area contributed by atoms with Crippen LogP contribution in [0.25, 0.3) is 10.2 Å². The molecule has 22 heavy (non-hydrogen) atoms. The number of rotatable bonds is 5. The van der Waals surface area contributed by atoms with Gasteiger partial charge in [0.2, 0.25) is 5.91 Å². The van der Waals surface area contributed by atoms with Crippen LogP contribution in [0.3, 0.4) is 0 Å². The molecule has 2 aromatic heterocycles. The van der Waals surface area contributed by atoms with E-state index in [0.717, 1.165) is 26.7 Å². The molecule has 1 aromatic carbocycles. The number of furan rings is 1. The summed E-state index contributed by atoms with van der Waals surface area (Å²) in [6.07, 6.45) is 1.59. The lowest BCUT2D eigenvalue weighted by molar-refractivity contribution is -0.119. The first-order valence-electron chi connectivity index (χ1n) is 7.00. The second kappa shape index (κ2) is 6.19. The highest BCUT2D eigenvalue weighted by molar-refractivity contribution is 7.22. The molecule has 0 saturated heterocycles. The number of nitrogens with zero attached hydrogens (tertiary/aromatic N) is 2. The van der Waals surface area contributed by atoms with Crippen molar-refractivity contribution in [2.45, 2.75) is 13.5 Å². The Morgan fingerprint density at radius 3 is 2.95 bits per heavy atom. The van der Waals surface area contributed by atoms with Crippen LogP contribution in [0.4, 0.5) is 5.13 Å². The minimum absolute atomic E-state index is 0.0603. The summed E-state index contributed by atoms with van der Waals surface area (Å²) in [4.78, 5) is 18.5. The molecule has 114 valence electrons. The highest BCUT2D eigenvalue weighted by Gasteiger charge is 2.13. The number of benzene rings is 1. The summed E-state index contributed by atoms with van der Waals surface area (Å²) in [5, 5.41) is 3.68. The Kier molecular flexibility index (Phi) is 4.11. The van der Waals surface area contributed by atoms with E-state index in [4.69, 9.17) is 4.42 Å². The van der Waals surface area contributed by atoms with Crippen molar-refractivity contribution in [1.82, 2.24) is 10.3 Å². The lowest BCUT2D eigenvalue weighted by Crippen LogP contribution is -2.34. The summed E-state index contributed by atoms with van der Waals surface area (Å²) >= 11 is 1.59. The van der Waals surface area contributed by atoms with E-state index in [9.17, 15) is 4.79 Å². The lowest BCUT2D eigenvalue weighted by atomic mass is 10.2. The van der Waals surface area contributed by atoms with Crippen LogP contribution in [-0.2, 0) is 11.3 Å². The van der Waals surface area contributed by atoms with Crippen LogP contribution in [0.15, 0.2) is 41.0 Å². The van der Waals surface area contributed by atoms with Crippen molar-refractivity contribution in [3.8, 4) is 0 Å². The minimum Gasteiger partial charge on any atom is -0.467 e. The van der Waals surface area contributed by atoms with Gasteiger partial charge < -0.3 is 14.6 Å². The average Bonchev–Trinajstić information content (AvgIpc) is 3.15. The third-order valence-electron chi connectivity index (χ3n) is 3.36. The summed E-state index contributed by atoms with van der Waals surface area (Å²) in [5.41, 5.74) is 2.15. The van der Waals surface area contributed by atoms with Gasteiger partial charge in [-0.2, -0.15) is 0 Å². The SMILES string of the molecule is Cc1cccc2sc(N(C)CC(=O)NCc3ccco3)nc12. The predicted octanol–water partition coefficient (Wildman–Crippen LogP) is 2.95. The third-order valence-corrected chi connectivity index (χ3v) is 4.49. The fourth-order valence-electron chi connectivity index (χ4n) is 2.18. The Morgan fingerprint density at radius 2 is 2.23 bits per heavy atom. The molecule has 6 heteroatoms. The van der Waals surface area contributed by atoms with Crippen LogP contribution < -0.4 is 10.2 Å². The molecule has 0 bridgehead atoms. The molecule has 3 aromatic rings. The van der Waals surface area contributed by atoms with E-state index >= 15 is 0 Å². The summed E-state index contributed by atoms with van der Waals surface area (Å²) < 4.78 is 6.32. The number of nitrogens with one attached hydrogen (secondary N) is 1. The zero-order valence-electron chi connectivity index (χ0n) is 12.5. The van der Waals surface area contributed by atoms with Crippen LogP contribution in [0.2, 0.25) is 0 Å². The number of hydrogen-bond donors (Lipinski definition) is 1. The number of likely N-dealkylation sites (N-methyl/N-ethyl adjacent to an activating group) is 1. The normalized spacial score (nSPS) is 10.8. The molecule has 2 heterocycles. The molecule has 0 atom stereocenters. The second-order valence-electron chi connectivity index (χ2n) is 5.13. The Bertz CT molecular complexity index is 780. The van der Waals surface area contributed by atoms with E-state index in [1.807, 2.05) is 43.1 Å². The highest BCUT2D eigenvalue weighted by Crippen LogP contribution is 2.29. The van der Waals surface area contributed by atoms with Gasteiger partial charge >= 0.3 is 0 Å². The van der Waals surface area contributed by atoms with E-state index in [1.54, 1.807) is 23.7 Å². The van der Waals surface area contributed by atoms with Crippen LogP contribution in [0, 0.1) is 6.92 Å². The van der Waals surface area contributed by atoms with Crippen molar-refractivity contribution in [3.05, 3.63) is 47.9 Å². The Balaban J connectivity index is 1.63. The molecule has 5 nitrogen and oxygen atoms in total. The number of aromatic nitrogens is 1. The van der Waals surface area contributed by atoms with Gasteiger partial charge in [-0.1, -0.05) is 23.5 Å². The number of carbonyl (C=O) groups excluding carboxylic acids is 1. The quantitative estimate of drug-likeness (QED) is 0.786. The fourth-order valence-corrected chi connectivity index (χ4v) is 3.18. The van der Waals surface area contributed by atoms with Gasteiger partial charge in [0.05, 0.1) is 29.6 Å². The first-order chi connectivity index (χ1) is 10.6. The van der Waals surface area contributed by atoms with Crippen LogP contribution >= 0.6 is 11.3 Å². The maximum atomic E-state index is 12.0. The number of hydrogen-bond acceptors (Lipinski definition) is 5. The van der Waals surface area contributed by atoms with E-state index in [2.05, 4.69) is 10.3 Å². The number of para-hydroxylation sites is 1. The van der Waals surface area contributed by atoms with Crippen LogP contribution in [0.5, 0.6) is 0 Å². The third kappa shape index (κ3) is 3.12. The van der Waals surface area contributed by atoms with E-state index < -0.39 is 0 Å². The summed E-state index contributed by atoms with van der Waals surface area (Å²) in [6, 6.07) is 9.75. The molecule has 0 fully saturated rings. The molecule has 3 rings (SSSR count). The number of aryl methyl sites for hydroxylation is 1. The van der Waals surface area contributed by atoms with Crippen molar-refractivity contribution in [2.24, 2.45) is 0 Å². The second-order valence-corrected chi connectivity index (χ2v) is 6.14. The van der Waals surface area contributed by atoms with Gasteiger partial charge in [-0.05, 0) is 30.7 Å². The summed E-state index contributed by atoms with van der Waals surface area (Å²) in [7, 11) is 1.87. The monoisotopic (exact) mass is 315 g/mol. The molecule has 0 radical (unpaired) electrons. The molecule has 0 spiro atoms. The molecule has 0 aliphatic rings. The van der Waals surface area contributed by atoms with Gasteiger partial charge in [0, 0.05) is 7.05 Å². The van der Waals surface area contributed by atoms with Crippen LogP contribution in [0.1, 0.15) is 11.3 Å². The van der Waals surface area contributed by atoms with E-state index in [1.165, 1.54) is 0 Å². The predicted molar refractivity (Wildman–Crippen MR) is 88.2 cm³/mol. The molecule has 0 aliphatic carbocycles. The smallest absolute Gasteiger partial charge is 0.239 e. The Morgan fingerprint density at radius 1 is 1.36 bits per heavy atom. The van der Waals surface area contributed by atoms with Gasteiger partial charge in [0.15, 0.2) is 5.13 Å². The van der Waals surface area contributed by atoms with Gasteiger partial charge in [-0.3, -0.25) is 4.79 Å². The van der Waals surface area contributed by atoms with Gasteiger partial charge in [-0.25, -0.2) is 4.98 Å². The molecule has 1 amide bonds. The van der Waals surface area contributed by atoms with E-state index in [0.29, 0.717) is 6.54 Å². The number of carbonyl (C=O) groups is 1. The molecule has 0 saturated carbocycles. The molecule has 0 aliphatic heterocycles. The molecule has 0 unspecified atom stereocenters. The van der Waals surface area contributed by atoms with Gasteiger partial charge in [0.1, 0.15) is 5.76 Å². The zero-order chi connectivity index (χ0) is 15.5. The molecular formula is C16H17N3O2S.